The zero-order valence-corrected chi connectivity index (χ0v) is 15.2. The van der Waals surface area contributed by atoms with Crippen LogP contribution in [0.25, 0.3) is 0 Å². The lowest BCUT2D eigenvalue weighted by Gasteiger charge is -2.37. The molecule has 0 bridgehead atoms. The average molecular weight is 356 g/mol. The van der Waals surface area contributed by atoms with Gasteiger partial charge in [0.2, 0.25) is 0 Å². The van der Waals surface area contributed by atoms with Crippen molar-refractivity contribution in [1.82, 2.24) is 15.1 Å². The fourth-order valence-electron chi connectivity index (χ4n) is 3.24. The maximum atomic E-state index is 12.4. The van der Waals surface area contributed by atoms with E-state index in [0.29, 0.717) is 17.2 Å². The van der Waals surface area contributed by atoms with E-state index in [4.69, 9.17) is 0 Å². The summed E-state index contributed by atoms with van der Waals surface area (Å²) in [5, 5.41) is 7.45. The monoisotopic (exact) mass is 355 g/mol. The lowest BCUT2D eigenvalue weighted by atomic mass is 9.71. The molecular weight excluding hydrogens is 330 g/mol. The van der Waals surface area contributed by atoms with Gasteiger partial charge in [-0.2, -0.15) is 5.10 Å². The van der Waals surface area contributed by atoms with Crippen molar-refractivity contribution >= 4 is 21.8 Å². The number of aryl methyl sites for hydroxylation is 2. The molecule has 1 N–H and O–H groups in total. The van der Waals surface area contributed by atoms with Gasteiger partial charge >= 0.3 is 0 Å². The SMILES string of the molecule is Cc1nn(C)c(C(=O)NC2CCC(C(C)(C)C)CC2)c1Br. The molecule has 4 nitrogen and oxygen atoms in total. The van der Waals surface area contributed by atoms with E-state index in [1.54, 1.807) is 4.68 Å². The summed E-state index contributed by atoms with van der Waals surface area (Å²) >= 11 is 3.46. The predicted octanol–water partition coefficient (Wildman–Crippen LogP) is 3.83. The van der Waals surface area contributed by atoms with Gasteiger partial charge in [-0.1, -0.05) is 20.8 Å². The van der Waals surface area contributed by atoms with Crippen LogP contribution in [0.3, 0.4) is 0 Å². The number of halogens is 1. The fraction of sp³-hybridized carbons (Fsp3) is 0.750. The summed E-state index contributed by atoms with van der Waals surface area (Å²) in [5.74, 6) is 0.737. The van der Waals surface area contributed by atoms with Crippen molar-refractivity contribution in [2.45, 2.75) is 59.4 Å². The van der Waals surface area contributed by atoms with E-state index in [1.807, 2.05) is 14.0 Å². The molecule has 0 radical (unpaired) electrons. The molecule has 118 valence electrons. The first-order valence-electron chi connectivity index (χ1n) is 7.70. The van der Waals surface area contributed by atoms with Crippen LogP contribution in [0.15, 0.2) is 4.47 Å². The van der Waals surface area contributed by atoms with Crippen molar-refractivity contribution < 1.29 is 4.79 Å². The number of rotatable bonds is 2. The molecule has 0 spiro atoms. The van der Waals surface area contributed by atoms with Crippen molar-refractivity contribution in [1.29, 1.82) is 0 Å². The highest BCUT2D eigenvalue weighted by Gasteiger charge is 2.31. The predicted molar refractivity (Wildman–Crippen MR) is 88.3 cm³/mol. The molecule has 0 aliphatic heterocycles. The average Bonchev–Trinajstić information content (AvgIpc) is 2.62. The molecule has 0 aromatic carbocycles. The molecule has 1 amide bonds. The van der Waals surface area contributed by atoms with Crippen LogP contribution in [-0.2, 0) is 7.05 Å². The summed E-state index contributed by atoms with van der Waals surface area (Å²) in [4.78, 5) is 12.4. The van der Waals surface area contributed by atoms with Crippen LogP contribution in [0.2, 0.25) is 0 Å². The summed E-state index contributed by atoms with van der Waals surface area (Å²) in [6.07, 6.45) is 4.53. The van der Waals surface area contributed by atoms with E-state index >= 15 is 0 Å². The number of hydrogen-bond donors (Lipinski definition) is 1. The largest absolute Gasteiger partial charge is 0.348 e. The van der Waals surface area contributed by atoms with Crippen molar-refractivity contribution in [2.75, 3.05) is 0 Å². The topological polar surface area (TPSA) is 46.9 Å². The first-order valence-corrected chi connectivity index (χ1v) is 8.49. The van der Waals surface area contributed by atoms with E-state index in [-0.39, 0.29) is 5.91 Å². The molecular formula is C16H26BrN3O. The molecule has 1 aromatic heterocycles. The van der Waals surface area contributed by atoms with Gasteiger partial charge in [-0.3, -0.25) is 9.48 Å². The minimum atomic E-state index is -0.0239. The van der Waals surface area contributed by atoms with E-state index in [0.717, 1.165) is 28.9 Å². The molecule has 0 saturated heterocycles. The highest BCUT2D eigenvalue weighted by Crippen LogP contribution is 2.37. The van der Waals surface area contributed by atoms with Gasteiger partial charge in [0.15, 0.2) is 0 Å². The van der Waals surface area contributed by atoms with Crippen molar-refractivity contribution in [3.8, 4) is 0 Å². The van der Waals surface area contributed by atoms with Gasteiger partial charge in [0.05, 0.1) is 10.2 Å². The third kappa shape index (κ3) is 3.68. The summed E-state index contributed by atoms with van der Waals surface area (Å²) in [6, 6.07) is 0.290. The molecule has 1 fully saturated rings. The maximum Gasteiger partial charge on any atom is 0.270 e. The second-order valence-corrected chi connectivity index (χ2v) is 8.05. The number of aromatic nitrogens is 2. The molecule has 1 aliphatic rings. The number of hydrogen-bond acceptors (Lipinski definition) is 2. The van der Waals surface area contributed by atoms with E-state index in [9.17, 15) is 4.79 Å². The van der Waals surface area contributed by atoms with Gasteiger partial charge in [0.1, 0.15) is 5.69 Å². The van der Waals surface area contributed by atoms with Crippen LogP contribution < -0.4 is 5.32 Å². The van der Waals surface area contributed by atoms with Crippen LogP contribution in [0.5, 0.6) is 0 Å². The maximum absolute atomic E-state index is 12.4. The standard InChI is InChI=1S/C16H26BrN3O/c1-10-13(17)14(20(5)19-10)15(21)18-12-8-6-11(7-9-12)16(2,3)4/h11-12H,6-9H2,1-5H3,(H,18,21). The summed E-state index contributed by atoms with van der Waals surface area (Å²) in [6.45, 7) is 8.83. The zero-order valence-electron chi connectivity index (χ0n) is 13.7. The van der Waals surface area contributed by atoms with Crippen LogP contribution in [0, 0.1) is 18.3 Å². The first-order chi connectivity index (χ1) is 9.70. The molecule has 1 aliphatic carbocycles. The smallest absolute Gasteiger partial charge is 0.270 e. The molecule has 1 heterocycles. The van der Waals surface area contributed by atoms with Gasteiger partial charge < -0.3 is 5.32 Å². The fourth-order valence-corrected chi connectivity index (χ4v) is 3.75. The van der Waals surface area contributed by atoms with Crippen LogP contribution >= 0.6 is 15.9 Å². The minimum Gasteiger partial charge on any atom is -0.348 e. The Kier molecular flexibility index (Phi) is 4.81. The molecule has 0 unspecified atom stereocenters. The van der Waals surface area contributed by atoms with Gasteiger partial charge in [-0.25, -0.2) is 0 Å². The Balaban J connectivity index is 1.96. The van der Waals surface area contributed by atoms with Gasteiger partial charge in [0, 0.05) is 13.1 Å². The lowest BCUT2D eigenvalue weighted by Crippen LogP contribution is -2.40. The normalized spacial score (nSPS) is 23.1. The van der Waals surface area contributed by atoms with Crippen LogP contribution in [0.1, 0.15) is 62.6 Å². The third-order valence-corrected chi connectivity index (χ3v) is 5.60. The lowest BCUT2D eigenvalue weighted by molar-refractivity contribution is 0.0894. The van der Waals surface area contributed by atoms with Gasteiger partial charge in [0.25, 0.3) is 5.91 Å². The number of carbonyl (C=O) groups is 1. The molecule has 5 heteroatoms. The first kappa shape index (κ1) is 16.5. The minimum absolute atomic E-state index is 0.0239. The zero-order chi connectivity index (χ0) is 15.8. The van der Waals surface area contributed by atoms with Gasteiger partial charge in [-0.05, 0) is 59.9 Å². The second-order valence-electron chi connectivity index (χ2n) is 7.26. The molecule has 0 atom stereocenters. The summed E-state index contributed by atoms with van der Waals surface area (Å²) in [5.41, 5.74) is 1.83. The van der Waals surface area contributed by atoms with Crippen molar-refractivity contribution in [3.05, 3.63) is 15.9 Å². The number of nitrogens with zero attached hydrogens (tertiary/aromatic N) is 2. The Morgan fingerprint density at radius 2 is 1.86 bits per heavy atom. The van der Waals surface area contributed by atoms with E-state index in [1.165, 1.54) is 12.8 Å². The highest BCUT2D eigenvalue weighted by molar-refractivity contribution is 9.10. The Labute approximate surface area is 135 Å². The Bertz CT molecular complexity index is 522. The summed E-state index contributed by atoms with van der Waals surface area (Å²) < 4.78 is 2.45. The Hall–Kier alpha value is -0.840. The molecule has 1 aromatic rings. The molecule has 2 rings (SSSR count). The van der Waals surface area contributed by atoms with Crippen molar-refractivity contribution in [3.63, 3.8) is 0 Å². The highest BCUT2D eigenvalue weighted by atomic mass is 79.9. The number of amides is 1. The van der Waals surface area contributed by atoms with Gasteiger partial charge in [-0.15, -0.1) is 0 Å². The Morgan fingerprint density at radius 1 is 1.29 bits per heavy atom. The molecule has 1 saturated carbocycles. The van der Waals surface area contributed by atoms with Crippen molar-refractivity contribution in [2.24, 2.45) is 18.4 Å². The number of nitrogens with one attached hydrogen (secondary N) is 1. The quantitative estimate of drug-likeness (QED) is 0.876. The molecule has 21 heavy (non-hydrogen) atoms. The number of carbonyl (C=O) groups excluding carboxylic acids is 1. The van der Waals surface area contributed by atoms with E-state index in [2.05, 4.69) is 47.1 Å². The van der Waals surface area contributed by atoms with E-state index < -0.39 is 0 Å². The van der Waals surface area contributed by atoms with Crippen LogP contribution in [-0.4, -0.2) is 21.7 Å². The second kappa shape index (κ2) is 6.11. The Morgan fingerprint density at radius 3 is 2.29 bits per heavy atom. The summed E-state index contributed by atoms with van der Waals surface area (Å²) in [7, 11) is 1.81. The third-order valence-electron chi connectivity index (χ3n) is 4.65. The van der Waals surface area contributed by atoms with Crippen LogP contribution in [0.4, 0.5) is 0 Å².